The van der Waals surface area contributed by atoms with Crippen molar-refractivity contribution in [1.82, 2.24) is 9.97 Å². The second kappa shape index (κ2) is 6.65. The maximum absolute atomic E-state index is 11.4. The number of aromatic nitrogens is 2. The van der Waals surface area contributed by atoms with Crippen molar-refractivity contribution < 1.29 is 9.53 Å². The minimum atomic E-state index is -0.152. The number of esters is 1. The van der Waals surface area contributed by atoms with Crippen LogP contribution in [0.1, 0.15) is 64.9 Å². The van der Waals surface area contributed by atoms with Crippen molar-refractivity contribution >= 4 is 11.5 Å². The Morgan fingerprint density at radius 2 is 1.93 bits per heavy atom. The fourth-order valence-corrected chi connectivity index (χ4v) is 6.82. The summed E-state index contributed by atoms with van der Waals surface area (Å²) in [5.74, 6) is 1.13. The molecule has 0 saturated heterocycles. The maximum atomic E-state index is 11.4. The third-order valence-corrected chi connectivity index (χ3v) is 8.31. The molecule has 0 spiro atoms. The monoisotopic (exact) mass is 390 g/mol. The summed E-state index contributed by atoms with van der Waals surface area (Å²) in [4.78, 5) is 19.9. The number of carbonyl (C=O) groups excluding carboxylic acids is 1. The Kier molecular flexibility index (Phi) is 4.30. The van der Waals surface area contributed by atoms with Gasteiger partial charge in [0.2, 0.25) is 0 Å². The van der Waals surface area contributed by atoms with Crippen molar-refractivity contribution in [2.24, 2.45) is 22.7 Å². The van der Waals surface area contributed by atoms with Crippen LogP contribution in [-0.2, 0) is 9.53 Å². The molecule has 5 atom stereocenters. The molecule has 1 heterocycles. The highest BCUT2D eigenvalue weighted by atomic mass is 16.5. The lowest BCUT2D eigenvalue weighted by Gasteiger charge is -2.56. The zero-order chi connectivity index (χ0) is 20.2. The molecular weight excluding hydrogens is 360 g/mol. The van der Waals surface area contributed by atoms with Gasteiger partial charge in [0.1, 0.15) is 12.4 Å². The van der Waals surface area contributed by atoms with Crippen LogP contribution in [0.3, 0.4) is 0 Å². The van der Waals surface area contributed by atoms with Crippen LogP contribution in [0.15, 0.2) is 48.1 Å². The first-order chi connectivity index (χ1) is 13.9. The predicted molar refractivity (Wildman–Crippen MR) is 113 cm³/mol. The number of nitrogens with zero attached hydrogens (tertiary/aromatic N) is 2. The lowest BCUT2D eigenvalue weighted by atomic mass is 9.49. The molecule has 0 aliphatic heterocycles. The number of ether oxygens (including phenoxy) is 1. The summed E-state index contributed by atoms with van der Waals surface area (Å²) in [7, 11) is 0. The molecule has 0 N–H and O–H groups in total. The van der Waals surface area contributed by atoms with Crippen molar-refractivity contribution in [1.29, 1.82) is 0 Å². The van der Waals surface area contributed by atoms with Gasteiger partial charge in [-0.2, -0.15) is 0 Å². The number of rotatable bonds is 2. The minimum absolute atomic E-state index is 0.0641. The molecule has 2 fully saturated rings. The van der Waals surface area contributed by atoms with Gasteiger partial charge in [0.25, 0.3) is 0 Å². The first kappa shape index (κ1) is 18.8. The van der Waals surface area contributed by atoms with E-state index in [2.05, 4.69) is 42.0 Å². The summed E-state index contributed by atoms with van der Waals surface area (Å²) in [5, 5.41) is 0. The van der Waals surface area contributed by atoms with E-state index in [1.54, 1.807) is 11.9 Å². The van der Waals surface area contributed by atoms with Gasteiger partial charge in [-0.25, -0.2) is 9.97 Å². The zero-order valence-corrected chi connectivity index (χ0v) is 17.6. The van der Waals surface area contributed by atoms with E-state index in [1.807, 2.05) is 12.4 Å². The molecule has 152 valence electrons. The molecule has 0 unspecified atom stereocenters. The third kappa shape index (κ3) is 2.83. The van der Waals surface area contributed by atoms with Crippen LogP contribution in [0.5, 0.6) is 0 Å². The quantitative estimate of drug-likeness (QED) is 0.509. The van der Waals surface area contributed by atoms with Gasteiger partial charge < -0.3 is 4.74 Å². The highest BCUT2D eigenvalue weighted by Gasteiger charge is 2.54. The minimum Gasteiger partial charge on any atom is -0.462 e. The summed E-state index contributed by atoms with van der Waals surface area (Å²) < 4.78 is 5.56. The largest absolute Gasteiger partial charge is 0.462 e. The van der Waals surface area contributed by atoms with Crippen molar-refractivity contribution in [2.45, 2.75) is 65.4 Å². The fourth-order valence-electron chi connectivity index (χ4n) is 6.82. The Morgan fingerprint density at radius 3 is 2.69 bits per heavy atom. The first-order valence-corrected chi connectivity index (χ1v) is 11.0. The van der Waals surface area contributed by atoms with Gasteiger partial charge in [0, 0.05) is 36.7 Å². The standard InChI is InChI=1S/C25H30N2O2/c1-16(28)29-19-8-10-24(2)18(12-19)4-5-20-22-7-6-21(17-13-26-15-27-14-17)25(22,3)11-9-23(20)24/h4,6-7,13-15,19-20,23H,5,8-12H2,1-3H3/t19-,20-,23-,24-,25+/m0/s1. The van der Waals surface area contributed by atoms with Crippen molar-refractivity contribution in [3.63, 3.8) is 0 Å². The van der Waals surface area contributed by atoms with E-state index in [0.29, 0.717) is 11.8 Å². The molecule has 5 rings (SSSR count). The smallest absolute Gasteiger partial charge is 0.302 e. The van der Waals surface area contributed by atoms with Crippen molar-refractivity contribution in [3.8, 4) is 0 Å². The topological polar surface area (TPSA) is 52.1 Å². The molecule has 4 nitrogen and oxygen atoms in total. The van der Waals surface area contributed by atoms with Gasteiger partial charge >= 0.3 is 5.97 Å². The van der Waals surface area contributed by atoms with E-state index in [-0.39, 0.29) is 22.9 Å². The zero-order valence-electron chi connectivity index (χ0n) is 17.6. The van der Waals surface area contributed by atoms with Crippen molar-refractivity contribution in [2.75, 3.05) is 0 Å². The van der Waals surface area contributed by atoms with Crippen LogP contribution in [0.2, 0.25) is 0 Å². The van der Waals surface area contributed by atoms with Gasteiger partial charge in [0.05, 0.1) is 0 Å². The predicted octanol–water partition coefficient (Wildman–Crippen LogP) is 5.28. The average molecular weight is 391 g/mol. The normalized spacial score (nSPS) is 38.0. The number of hydrogen-bond acceptors (Lipinski definition) is 4. The molecule has 0 amide bonds. The second-order valence-electron chi connectivity index (χ2n) is 9.77. The Bertz CT molecular complexity index is 931. The molecule has 29 heavy (non-hydrogen) atoms. The molecule has 1 aromatic heterocycles. The first-order valence-electron chi connectivity index (χ1n) is 11.0. The molecular formula is C25H30N2O2. The van der Waals surface area contributed by atoms with E-state index < -0.39 is 0 Å². The van der Waals surface area contributed by atoms with Crippen LogP contribution in [0.4, 0.5) is 0 Å². The Balaban J connectivity index is 1.42. The lowest BCUT2D eigenvalue weighted by Crippen LogP contribution is -2.47. The average Bonchev–Trinajstić information content (AvgIpc) is 3.06. The number of allylic oxidation sites excluding steroid dienone is 5. The van der Waals surface area contributed by atoms with Gasteiger partial charge in [0.15, 0.2) is 0 Å². The van der Waals surface area contributed by atoms with Crippen LogP contribution >= 0.6 is 0 Å². The Hall–Kier alpha value is -2.23. The van der Waals surface area contributed by atoms with Crippen LogP contribution in [0.25, 0.3) is 5.57 Å². The van der Waals surface area contributed by atoms with E-state index in [4.69, 9.17) is 4.74 Å². The van der Waals surface area contributed by atoms with E-state index in [9.17, 15) is 4.79 Å². The SMILES string of the molecule is CC(=O)O[C@H]1CC[C@@]2(C)C(=CC[C@H]3C4=CC=C(c5cncnc5)[C@@]4(C)CC[C@@H]32)C1. The van der Waals surface area contributed by atoms with Gasteiger partial charge in [-0.05, 0) is 54.9 Å². The van der Waals surface area contributed by atoms with Crippen molar-refractivity contribution in [3.05, 3.63) is 53.7 Å². The van der Waals surface area contributed by atoms with Gasteiger partial charge in [-0.3, -0.25) is 4.79 Å². The highest BCUT2D eigenvalue weighted by Crippen LogP contribution is 2.64. The fraction of sp³-hybridized carbons (Fsp3) is 0.560. The number of carbonyl (C=O) groups is 1. The number of hydrogen-bond donors (Lipinski definition) is 0. The van der Waals surface area contributed by atoms with Crippen LogP contribution in [0, 0.1) is 22.7 Å². The Labute approximate surface area is 173 Å². The van der Waals surface area contributed by atoms with E-state index in [1.165, 1.54) is 30.9 Å². The molecule has 2 saturated carbocycles. The summed E-state index contributed by atoms with van der Waals surface area (Å²) in [6.07, 6.45) is 19.3. The van der Waals surface area contributed by atoms with E-state index in [0.717, 1.165) is 31.2 Å². The van der Waals surface area contributed by atoms with E-state index >= 15 is 0 Å². The van der Waals surface area contributed by atoms with Crippen LogP contribution in [-0.4, -0.2) is 22.0 Å². The maximum Gasteiger partial charge on any atom is 0.302 e. The molecule has 1 aromatic rings. The second-order valence-corrected chi connectivity index (χ2v) is 9.77. The van der Waals surface area contributed by atoms with Crippen LogP contribution < -0.4 is 0 Å². The molecule has 0 bridgehead atoms. The molecule has 0 aromatic carbocycles. The van der Waals surface area contributed by atoms with Gasteiger partial charge in [-0.15, -0.1) is 0 Å². The molecule has 4 heteroatoms. The third-order valence-electron chi connectivity index (χ3n) is 8.31. The molecule has 4 aliphatic rings. The number of fused-ring (bicyclic) bond motifs is 5. The molecule has 0 radical (unpaired) electrons. The summed E-state index contributed by atoms with van der Waals surface area (Å²) in [5.41, 5.74) is 6.00. The summed E-state index contributed by atoms with van der Waals surface area (Å²) in [6.45, 7) is 6.41. The highest BCUT2D eigenvalue weighted by molar-refractivity contribution is 5.78. The summed E-state index contributed by atoms with van der Waals surface area (Å²) in [6, 6.07) is 0. The summed E-state index contributed by atoms with van der Waals surface area (Å²) >= 11 is 0. The molecule has 4 aliphatic carbocycles. The lowest BCUT2D eigenvalue weighted by molar-refractivity contribution is -0.148. The Morgan fingerprint density at radius 1 is 1.14 bits per heavy atom. The van der Waals surface area contributed by atoms with Gasteiger partial charge in [-0.1, -0.05) is 43.2 Å².